The number of alkyl halides is 3. The molecule has 22 heavy (non-hydrogen) atoms. The number of aryl methyl sites for hydroxylation is 1. The molecule has 0 aliphatic carbocycles. The van der Waals surface area contributed by atoms with E-state index in [1.165, 1.54) is 25.1 Å². The average molecular weight is 313 g/mol. The van der Waals surface area contributed by atoms with Crippen molar-refractivity contribution in [2.75, 3.05) is 5.32 Å². The van der Waals surface area contributed by atoms with Gasteiger partial charge in [0.05, 0.1) is 5.56 Å². The first kappa shape index (κ1) is 16.0. The highest BCUT2D eigenvalue weighted by molar-refractivity contribution is 6.02. The molecule has 1 atom stereocenters. The molecule has 0 saturated heterocycles. The van der Waals surface area contributed by atoms with Crippen molar-refractivity contribution in [3.63, 3.8) is 0 Å². The summed E-state index contributed by atoms with van der Waals surface area (Å²) in [5.74, 6) is -0.821. The summed E-state index contributed by atoms with van der Waals surface area (Å²) in [6.07, 6.45) is -4.49. The van der Waals surface area contributed by atoms with Crippen LogP contribution in [0.2, 0.25) is 0 Å². The van der Waals surface area contributed by atoms with Crippen LogP contribution in [0, 0.1) is 6.92 Å². The van der Waals surface area contributed by atoms with Crippen LogP contribution in [0.5, 0.6) is 0 Å². The monoisotopic (exact) mass is 313 g/mol. The number of nitrogens with two attached hydrogens (primary N) is 1. The first-order chi connectivity index (χ1) is 10.2. The second-order valence-corrected chi connectivity index (χ2v) is 4.89. The van der Waals surface area contributed by atoms with Crippen LogP contribution in [0.15, 0.2) is 28.8 Å². The van der Waals surface area contributed by atoms with Crippen molar-refractivity contribution >= 4 is 11.6 Å². The van der Waals surface area contributed by atoms with Crippen LogP contribution < -0.4 is 11.1 Å². The molecule has 3 N–H and O–H groups in total. The number of carbonyl (C=O) groups excluding carboxylic acids is 1. The van der Waals surface area contributed by atoms with E-state index >= 15 is 0 Å². The molecule has 1 unspecified atom stereocenters. The van der Waals surface area contributed by atoms with E-state index in [0.29, 0.717) is 5.69 Å². The van der Waals surface area contributed by atoms with Crippen LogP contribution in [-0.2, 0) is 6.18 Å². The van der Waals surface area contributed by atoms with Gasteiger partial charge >= 0.3 is 6.18 Å². The van der Waals surface area contributed by atoms with Gasteiger partial charge in [0.2, 0.25) is 5.76 Å². The van der Waals surface area contributed by atoms with E-state index in [1.54, 1.807) is 6.92 Å². The van der Waals surface area contributed by atoms with E-state index < -0.39 is 23.7 Å². The Balaban J connectivity index is 2.21. The Labute approximate surface area is 124 Å². The van der Waals surface area contributed by atoms with Gasteiger partial charge in [-0.25, -0.2) is 0 Å². The van der Waals surface area contributed by atoms with E-state index in [1.807, 2.05) is 0 Å². The molecule has 1 amide bonds. The van der Waals surface area contributed by atoms with E-state index in [9.17, 15) is 18.0 Å². The molecule has 0 fully saturated rings. The van der Waals surface area contributed by atoms with Crippen LogP contribution in [0.4, 0.5) is 18.9 Å². The van der Waals surface area contributed by atoms with Crippen molar-refractivity contribution in [2.24, 2.45) is 5.73 Å². The fourth-order valence-corrected chi connectivity index (χ4v) is 1.81. The van der Waals surface area contributed by atoms with Crippen molar-refractivity contribution in [2.45, 2.75) is 26.1 Å². The van der Waals surface area contributed by atoms with Gasteiger partial charge in [0, 0.05) is 17.8 Å². The van der Waals surface area contributed by atoms with Crippen molar-refractivity contribution in [1.82, 2.24) is 5.16 Å². The largest absolute Gasteiger partial charge is 0.416 e. The number of nitrogens with one attached hydrogen (secondary N) is 1. The summed E-state index contributed by atoms with van der Waals surface area (Å²) in [6.45, 7) is 3.01. The zero-order chi connectivity index (χ0) is 16.5. The van der Waals surface area contributed by atoms with Crippen LogP contribution >= 0.6 is 0 Å². The number of carbonyl (C=O) groups is 1. The van der Waals surface area contributed by atoms with Gasteiger partial charge in [0.1, 0.15) is 5.69 Å². The highest BCUT2D eigenvalue weighted by Crippen LogP contribution is 2.33. The Morgan fingerprint density at radius 1 is 1.36 bits per heavy atom. The maximum atomic E-state index is 12.8. The molecule has 8 heteroatoms. The molecule has 1 aromatic heterocycles. The number of benzene rings is 1. The molecular weight excluding hydrogens is 299 g/mol. The molecule has 118 valence electrons. The van der Waals surface area contributed by atoms with Crippen LogP contribution in [0.1, 0.15) is 40.3 Å². The lowest BCUT2D eigenvalue weighted by atomic mass is 10.1. The van der Waals surface area contributed by atoms with Crippen LogP contribution in [-0.4, -0.2) is 11.1 Å². The molecule has 0 aliphatic heterocycles. The highest BCUT2D eigenvalue weighted by atomic mass is 19.4. The summed E-state index contributed by atoms with van der Waals surface area (Å²) in [5.41, 5.74) is 5.25. The maximum Gasteiger partial charge on any atom is 0.416 e. The zero-order valence-corrected chi connectivity index (χ0v) is 11.9. The smallest absolute Gasteiger partial charge is 0.351 e. The number of anilines is 1. The van der Waals surface area contributed by atoms with E-state index in [4.69, 9.17) is 10.3 Å². The quantitative estimate of drug-likeness (QED) is 0.911. The predicted octanol–water partition coefficient (Wildman–Crippen LogP) is 3.27. The second kappa shape index (κ2) is 5.80. The lowest BCUT2D eigenvalue weighted by Crippen LogP contribution is -2.13. The molecule has 0 saturated carbocycles. The molecule has 1 aromatic carbocycles. The minimum atomic E-state index is -4.49. The van der Waals surface area contributed by atoms with E-state index in [2.05, 4.69) is 10.5 Å². The molecule has 0 spiro atoms. The van der Waals surface area contributed by atoms with E-state index in [0.717, 1.165) is 6.07 Å². The lowest BCUT2D eigenvalue weighted by Gasteiger charge is -2.12. The van der Waals surface area contributed by atoms with Crippen LogP contribution in [0.25, 0.3) is 0 Å². The third-order valence-corrected chi connectivity index (χ3v) is 3.02. The number of nitrogens with zero attached hydrogens (tertiary/aromatic N) is 1. The van der Waals surface area contributed by atoms with Crippen molar-refractivity contribution < 1.29 is 22.5 Å². The topological polar surface area (TPSA) is 81.2 Å². The number of halogens is 3. The SMILES string of the molecule is Cc1ccc(NC(=O)c2cc(C(C)N)no2)cc1C(F)(F)F. The minimum absolute atomic E-state index is 0.0154. The van der Waals surface area contributed by atoms with Crippen molar-refractivity contribution in [3.05, 3.63) is 46.8 Å². The first-order valence-corrected chi connectivity index (χ1v) is 6.40. The maximum absolute atomic E-state index is 12.8. The standard InChI is InChI=1S/C14H14F3N3O2/c1-7-3-4-9(5-10(7)14(15,16)17)19-13(21)12-6-11(8(2)18)20-22-12/h3-6,8H,18H2,1-2H3,(H,19,21). The summed E-state index contributed by atoms with van der Waals surface area (Å²) in [6, 6.07) is 4.47. The van der Waals surface area contributed by atoms with Gasteiger partial charge in [0.25, 0.3) is 5.91 Å². The molecule has 0 bridgehead atoms. The van der Waals surface area contributed by atoms with Crippen molar-refractivity contribution in [1.29, 1.82) is 0 Å². The van der Waals surface area contributed by atoms with Crippen molar-refractivity contribution in [3.8, 4) is 0 Å². The molecule has 2 rings (SSSR count). The predicted molar refractivity (Wildman–Crippen MR) is 73.2 cm³/mol. The Hall–Kier alpha value is -2.35. The van der Waals surface area contributed by atoms with Gasteiger partial charge in [-0.1, -0.05) is 11.2 Å². The third kappa shape index (κ3) is 3.45. The Bertz CT molecular complexity index is 693. The number of amides is 1. The molecule has 2 aromatic rings. The normalized spacial score (nSPS) is 13.0. The first-order valence-electron chi connectivity index (χ1n) is 6.40. The van der Waals surface area contributed by atoms with Gasteiger partial charge in [0.15, 0.2) is 0 Å². The summed E-state index contributed by atoms with van der Waals surface area (Å²) in [7, 11) is 0. The Kier molecular flexibility index (Phi) is 4.23. The third-order valence-electron chi connectivity index (χ3n) is 3.02. The average Bonchev–Trinajstić information content (AvgIpc) is 2.89. The summed E-state index contributed by atoms with van der Waals surface area (Å²) in [4.78, 5) is 11.9. The summed E-state index contributed by atoms with van der Waals surface area (Å²) < 4.78 is 43.3. The number of aromatic nitrogens is 1. The van der Waals surface area contributed by atoms with Gasteiger partial charge < -0.3 is 15.6 Å². The number of rotatable bonds is 3. The molecule has 0 aliphatic rings. The van der Waals surface area contributed by atoms with Gasteiger partial charge in [-0.2, -0.15) is 13.2 Å². The zero-order valence-electron chi connectivity index (χ0n) is 11.9. The van der Waals surface area contributed by atoms with Gasteiger partial charge in [-0.15, -0.1) is 0 Å². The summed E-state index contributed by atoms with van der Waals surface area (Å²) >= 11 is 0. The molecule has 1 heterocycles. The molecule has 5 nitrogen and oxygen atoms in total. The number of hydrogen-bond donors (Lipinski definition) is 2. The number of hydrogen-bond acceptors (Lipinski definition) is 4. The fourth-order valence-electron chi connectivity index (χ4n) is 1.81. The highest BCUT2D eigenvalue weighted by Gasteiger charge is 2.32. The van der Waals surface area contributed by atoms with E-state index in [-0.39, 0.29) is 17.0 Å². The lowest BCUT2D eigenvalue weighted by molar-refractivity contribution is -0.138. The van der Waals surface area contributed by atoms with Crippen LogP contribution in [0.3, 0.4) is 0 Å². The molecule has 0 radical (unpaired) electrons. The van der Waals surface area contributed by atoms with Gasteiger partial charge in [-0.05, 0) is 31.5 Å². The Morgan fingerprint density at radius 2 is 2.05 bits per heavy atom. The van der Waals surface area contributed by atoms with Gasteiger partial charge in [-0.3, -0.25) is 4.79 Å². The second-order valence-electron chi connectivity index (χ2n) is 4.89. The minimum Gasteiger partial charge on any atom is -0.351 e. The summed E-state index contributed by atoms with van der Waals surface area (Å²) in [5, 5.41) is 5.95. The fraction of sp³-hybridized carbons (Fsp3) is 0.286. The molecular formula is C14H14F3N3O2. The Morgan fingerprint density at radius 3 is 2.59 bits per heavy atom.